The Labute approximate surface area is 181 Å². The van der Waals surface area contributed by atoms with Crippen LogP contribution in [0.2, 0.25) is 0 Å². The van der Waals surface area contributed by atoms with Crippen LogP contribution in [0.1, 0.15) is 41.3 Å². The Kier molecular flexibility index (Phi) is 6.59. The number of hydrogen-bond acceptors (Lipinski definition) is 4. The average Bonchev–Trinajstić information content (AvgIpc) is 3.01. The summed E-state index contributed by atoms with van der Waals surface area (Å²) in [5.41, 5.74) is 3.78. The molecule has 30 heavy (non-hydrogen) atoms. The summed E-state index contributed by atoms with van der Waals surface area (Å²) >= 11 is 1.46. The van der Waals surface area contributed by atoms with Gasteiger partial charge < -0.3 is 4.57 Å². The van der Waals surface area contributed by atoms with Crippen LogP contribution in [-0.4, -0.2) is 36.8 Å². The van der Waals surface area contributed by atoms with E-state index in [4.69, 9.17) is 0 Å². The zero-order chi connectivity index (χ0) is 22.1. The number of benzene rings is 2. The van der Waals surface area contributed by atoms with Crippen LogP contribution in [-0.2, 0) is 17.1 Å². The molecule has 0 spiro atoms. The van der Waals surface area contributed by atoms with Gasteiger partial charge in [-0.25, -0.2) is 12.7 Å². The third-order valence-corrected chi connectivity index (χ3v) is 8.22. The molecule has 0 fully saturated rings. The maximum atomic E-state index is 12.7. The van der Waals surface area contributed by atoms with Gasteiger partial charge in [0.25, 0.3) is 5.91 Å². The predicted molar refractivity (Wildman–Crippen MR) is 121 cm³/mol. The number of sulfonamides is 1. The van der Waals surface area contributed by atoms with E-state index in [1.807, 2.05) is 18.5 Å². The summed E-state index contributed by atoms with van der Waals surface area (Å²) in [6.07, 6.45) is 1.72. The van der Waals surface area contributed by atoms with Crippen molar-refractivity contribution in [3.63, 3.8) is 0 Å². The van der Waals surface area contributed by atoms with Crippen LogP contribution >= 0.6 is 11.3 Å². The van der Waals surface area contributed by atoms with E-state index < -0.39 is 15.9 Å². The van der Waals surface area contributed by atoms with Crippen molar-refractivity contribution in [3.05, 3.63) is 57.9 Å². The standard InChI is InChI=1S/C22H27N3O3S2/c1-6-7-12-24(4)30(27,28)18-10-8-17(9-11-18)21(26)23-22-25(5)19-13-15(2)16(3)14-20(19)29-22/h8-11,13-14H,6-7,12H2,1-5H3. The van der Waals surface area contributed by atoms with Gasteiger partial charge in [-0.15, -0.1) is 0 Å². The molecular weight excluding hydrogens is 418 g/mol. The molecule has 1 amide bonds. The van der Waals surface area contributed by atoms with Crippen LogP contribution in [0.3, 0.4) is 0 Å². The molecule has 0 aliphatic carbocycles. The van der Waals surface area contributed by atoms with Gasteiger partial charge in [-0.05, 0) is 67.8 Å². The summed E-state index contributed by atoms with van der Waals surface area (Å²) in [4.78, 5) is 17.7. The zero-order valence-electron chi connectivity index (χ0n) is 18.0. The molecule has 0 radical (unpaired) electrons. The quantitative estimate of drug-likeness (QED) is 0.575. The van der Waals surface area contributed by atoms with Gasteiger partial charge in [0.2, 0.25) is 10.0 Å². The molecule has 2 aromatic carbocycles. The molecule has 0 aliphatic rings. The Bertz CT molecular complexity index is 1250. The van der Waals surface area contributed by atoms with Crippen molar-refractivity contribution in [1.29, 1.82) is 0 Å². The van der Waals surface area contributed by atoms with Gasteiger partial charge in [0, 0.05) is 26.2 Å². The van der Waals surface area contributed by atoms with E-state index in [9.17, 15) is 13.2 Å². The topological polar surface area (TPSA) is 71.7 Å². The number of aromatic nitrogens is 1. The van der Waals surface area contributed by atoms with Crippen molar-refractivity contribution in [3.8, 4) is 0 Å². The average molecular weight is 446 g/mol. The molecule has 0 saturated heterocycles. The Morgan fingerprint density at radius 2 is 1.77 bits per heavy atom. The van der Waals surface area contributed by atoms with Gasteiger partial charge >= 0.3 is 0 Å². The molecule has 8 heteroatoms. The second-order valence-corrected chi connectivity index (χ2v) is 10.5. The molecule has 0 aliphatic heterocycles. The largest absolute Gasteiger partial charge is 0.319 e. The number of carbonyl (C=O) groups excluding carboxylic acids is 1. The number of amides is 1. The molecule has 3 rings (SSSR count). The lowest BCUT2D eigenvalue weighted by molar-refractivity contribution is 0.0998. The first-order valence-electron chi connectivity index (χ1n) is 9.87. The van der Waals surface area contributed by atoms with Gasteiger partial charge in [-0.2, -0.15) is 4.99 Å². The first kappa shape index (κ1) is 22.4. The van der Waals surface area contributed by atoms with Crippen LogP contribution in [0.15, 0.2) is 46.3 Å². The fourth-order valence-electron chi connectivity index (χ4n) is 3.09. The smallest absolute Gasteiger partial charge is 0.279 e. The predicted octanol–water partition coefficient (Wildman–Crippen LogP) is 4.02. The summed E-state index contributed by atoms with van der Waals surface area (Å²) in [5.74, 6) is -0.395. The Balaban J connectivity index is 1.90. The number of carbonyl (C=O) groups is 1. The molecule has 0 bridgehead atoms. The van der Waals surface area contributed by atoms with Crippen LogP contribution in [0.25, 0.3) is 10.2 Å². The molecular formula is C22H27N3O3S2. The van der Waals surface area contributed by atoms with E-state index in [0.717, 1.165) is 23.1 Å². The van der Waals surface area contributed by atoms with Gasteiger partial charge in [0.15, 0.2) is 4.80 Å². The zero-order valence-corrected chi connectivity index (χ0v) is 19.6. The molecule has 3 aromatic rings. The molecule has 6 nitrogen and oxygen atoms in total. The van der Waals surface area contributed by atoms with Crippen molar-refractivity contribution in [2.75, 3.05) is 13.6 Å². The van der Waals surface area contributed by atoms with Crippen molar-refractivity contribution < 1.29 is 13.2 Å². The first-order valence-corrected chi connectivity index (χ1v) is 12.1. The second kappa shape index (κ2) is 8.83. The van der Waals surface area contributed by atoms with Gasteiger partial charge in [-0.1, -0.05) is 24.7 Å². The molecule has 1 aromatic heterocycles. The molecule has 0 saturated carbocycles. The van der Waals surface area contributed by atoms with Gasteiger partial charge in [0.05, 0.1) is 15.1 Å². The summed E-state index contributed by atoms with van der Waals surface area (Å²) in [6, 6.07) is 10.2. The van der Waals surface area contributed by atoms with E-state index >= 15 is 0 Å². The number of rotatable bonds is 6. The number of nitrogens with zero attached hydrogens (tertiary/aromatic N) is 3. The van der Waals surface area contributed by atoms with Crippen molar-refractivity contribution >= 4 is 37.5 Å². The van der Waals surface area contributed by atoms with E-state index in [0.29, 0.717) is 16.9 Å². The highest BCUT2D eigenvalue weighted by atomic mass is 32.2. The highest BCUT2D eigenvalue weighted by molar-refractivity contribution is 7.89. The molecule has 0 atom stereocenters. The SMILES string of the molecule is CCCCN(C)S(=O)(=O)c1ccc(C(=O)N=c2sc3cc(C)c(C)cc3n2C)cc1. The van der Waals surface area contributed by atoms with Crippen LogP contribution in [0, 0.1) is 13.8 Å². The van der Waals surface area contributed by atoms with E-state index in [1.165, 1.54) is 51.0 Å². The first-order chi connectivity index (χ1) is 14.1. The third kappa shape index (κ3) is 4.40. The van der Waals surface area contributed by atoms with E-state index in [1.54, 1.807) is 7.05 Å². The van der Waals surface area contributed by atoms with E-state index in [-0.39, 0.29) is 4.90 Å². The minimum atomic E-state index is -3.56. The maximum absolute atomic E-state index is 12.7. The second-order valence-electron chi connectivity index (χ2n) is 7.47. The van der Waals surface area contributed by atoms with Crippen LogP contribution in [0.5, 0.6) is 0 Å². The summed E-state index contributed by atoms with van der Waals surface area (Å²) in [5, 5.41) is 0. The highest BCUT2D eigenvalue weighted by Crippen LogP contribution is 2.21. The van der Waals surface area contributed by atoms with Crippen molar-refractivity contribution in [2.45, 2.75) is 38.5 Å². The number of thiazole rings is 1. The van der Waals surface area contributed by atoms with Gasteiger partial charge in [0.1, 0.15) is 0 Å². The fourth-order valence-corrected chi connectivity index (χ4v) is 5.39. The number of hydrogen-bond donors (Lipinski definition) is 0. The number of aryl methyl sites for hydroxylation is 3. The van der Waals surface area contributed by atoms with E-state index in [2.05, 4.69) is 31.0 Å². The van der Waals surface area contributed by atoms with Gasteiger partial charge in [-0.3, -0.25) is 4.79 Å². The lowest BCUT2D eigenvalue weighted by Gasteiger charge is -2.16. The Morgan fingerprint density at radius 3 is 2.40 bits per heavy atom. The summed E-state index contributed by atoms with van der Waals surface area (Å²) in [7, 11) is -0.0914. The number of unbranched alkanes of at least 4 members (excludes halogenated alkanes) is 1. The lowest BCUT2D eigenvalue weighted by Crippen LogP contribution is -2.27. The summed E-state index contributed by atoms with van der Waals surface area (Å²) in [6.45, 7) is 6.61. The normalized spacial score (nSPS) is 12.8. The minimum absolute atomic E-state index is 0.177. The molecule has 160 valence electrons. The summed E-state index contributed by atoms with van der Waals surface area (Å²) < 4.78 is 29.6. The monoisotopic (exact) mass is 445 g/mol. The highest BCUT2D eigenvalue weighted by Gasteiger charge is 2.20. The third-order valence-electron chi connectivity index (χ3n) is 5.26. The van der Waals surface area contributed by atoms with Crippen molar-refractivity contribution in [1.82, 2.24) is 8.87 Å². The van der Waals surface area contributed by atoms with Crippen molar-refractivity contribution in [2.24, 2.45) is 12.0 Å². The molecule has 0 N–H and O–H groups in total. The van der Waals surface area contributed by atoms with Crippen LogP contribution < -0.4 is 4.80 Å². The minimum Gasteiger partial charge on any atom is -0.319 e. The maximum Gasteiger partial charge on any atom is 0.279 e. The lowest BCUT2D eigenvalue weighted by atomic mass is 10.1. The fraction of sp³-hybridized carbons (Fsp3) is 0.364. The molecule has 0 unspecified atom stereocenters. The molecule has 1 heterocycles. The Morgan fingerprint density at radius 1 is 1.13 bits per heavy atom. The Hall–Kier alpha value is -2.29. The van der Waals surface area contributed by atoms with Crippen LogP contribution in [0.4, 0.5) is 0 Å². The number of fused-ring (bicyclic) bond motifs is 1.